The molecule has 1 aromatic rings. The van der Waals surface area contributed by atoms with Gasteiger partial charge in [0, 0.05) is 45.8 Å². The van der Waals surface area contributed by atoms with Crippen LogP contribution in [0, 0.1) is 6.92 Å². The van der Waals surface area contributed by atoms with E-state index in [9.17, 15) is 4.79 Å². The summed E-state index contributed by atoms with van der Waals surface area (Å²) in [4.78, 5) is 18.2. The molecule has 2 heterocycles. The highest BCUT2D eigenvalue weighted by atomic mass is 16.6. The van der Waals surface area contributed by atoms with E-state index in [1.165, 1.54) is 11.1 Å². The standard InChI is InChI=1S/C17H25N3O2/c1-15-4-2-3-5-16(15)14-19-8-6-18(7-9-19)10-11-20-12-13-22-17(20)21/h2-5H,6-14H2,1H3. The molecule has 0 saturated carbocycles. The molecule has 2 fully saturated rings. The predicted molar refractivity (Wildman–Crippen MR) is 85.8 cm³/mol. The van der Waals surface area contributed by atoms with Crippen LogP contribution in [0.15, 0.2) is 24.3 Å². The number of carbonyl (C=O) groups is 1. The van der Waals surface area contributed by atoms with Crippen LogP contribution in [0.3, 0.4) is 0 Å². The van der Waals surface area contributed by atoms with E-state index in [4.69, 9.17) is 4.74 Å². The fraction of sp³-hybridized carbons (Fsp3) is 0.588. The van der Waals surface area contributed by atoms with Gasteiger partial charge in [-0.25, -0.2) is 4.79 Å². The number of hydrogen-bond donors (Lipinski definition) is 0. The minimum Gasteiger partial charge on any atom is -0.448 e. The van der Waals surface area contributed by atoms with Gasteiger partial charge < -0.3 is 9.64 Å². The number of ether oxygens (including phenoxy) is 1. The van der Waals surface area contributed by atoms with E-state index >= 15 is 0 Å². The zero-order chi connectivity index (χ0) is 15.4. The number of amides is 1. The van der Waals surface area contributed by atoms with Crippen molar-refractivity contribution in [2.75, 3.05) is 52.4 Å². The largest absolute Gasteiger partial charge is 0.448 e. The average molecular weight is 303 g/mol. The number of hydrogen-bond acceptors (Lipinski definition) is 4. The van der Waals surface area contributed by atoms with Gasteiger partial charge in [0.05, 0.1) is 6.54 Å². The quantitative estimate of drug-likeness (QED) is 0.827. The minimum absolute atomic E-state index is 0.154. The molecule has 0 bridgehead atoms. The summed E-state index contributed by atoms with van der Waals surface area (Å²) in [6.07, 6.45) is -0.154. The number of aryl methyl sites for hydroxylation is 1. The molecule has 0 N–H and O–H groups in total. The van der Waals surface area contributed by atoms with Gasteiger partial charge in [0.15, 0.2) is 0 Å². The Hall–Kier alpha value is -1.59. The molecule has 120 valence electrons. The monoisotopic (exact) mass is 303 g/mol. The first kappa shape index (κ1) is 15.3. The van der Waals surface area contributed by atoms with Crippen molar-refractivity contribution in [3.63, 3.8) is 0 Å². The fourth-order valence-corrected chi connectivity index (χ4v) is 3.09. The summed E-state index contributed by atoms with van der Waals surface area (Å²) >= 11 is 0. The van der Waals surface area contributed by atoms with E-state index in [-0.39, 0.29) is 6.09 Å². The first-order valence-electron chi connectivity index (χ1n) is 8.13. The molecule has 0 atom stereocenters. The molecule has 2 aliphatic rings. The van der Waals surface area contributed by atoms with Crippen LogP contribution >= 0.6 is 0 Å². The molecule has 2 saturated heterocycles. The van der Waals surface area contributed by atoms with E-state index in [0.29, 0.717) is 6.61 Å². The molecule has 1 amide bonds. The van der Waals surface area contributed by atoms with Crippen molar-refractivity contribution >= 4 is 6.09 Å². The Morgan fingerprint density at radius 1 is 1.00 bits per heavy atom. The normalized spacial score (nSPS) is 20.4. The summed E-state index contributed by atoms with van der Waals surface area (Å²) in [6.45, 7) is 10.6. The Bertz CT molecular complexity index is 512. The number of piperazine rings is 1. The molecular formula is C17H25N3O2. The van der Waals surface area contributed by atoms with Gasteiger partial charge in [0.2, 0.25) is 0 Å². The van der Waals surface area contributed by atoms with Crippen LogP contribution < -0.4 is 0 Å². The van der Waals surface area contributed by atoms with Gasteiger partial charge in [-0.3, -0.25) is 9.80 Å². The van der Waals surface area contributed by atoms with E-state index in [0.717, 1.165) is 52.4 Å². The zero-order valence-electron chi connectivity index (χ0n) is 13.3. The molecule has 1 aromatic carbocycles. The van der Waals surface area contributed by atoms with Crippen molar-refractivity contribution in [2.45, 2.75) is 13.5 Å². The second-order valence-corrected chi connectivity index (χ2v) is 6.15. The molecule has 0 aromatic heterocycles. The van der Waals surface area contributed by atoms with E-state index in [2.05, 4.69) is 41.0 Å². The number of cyclic esters (lactones) is 1. The summed E-state index contributed by atoms with van der Waals surface area (Å²) in [7, 11) is 0. The average Bonchev–Trinajstić information content (AvgIpc) is 2.94. The van der Waals surface area contributed by atoms with Crippen molar-refractivity contribution in [2.24, 2.45) is 0 Å². The van der Waals surface area contributed by atoms with Crippen molar-refractivity contribution in [3.8, 4) is 0 Å². The van der Waals surface area contributed by atoms with Gasteiger partial charge in [-0.05, 0) is 18.1 Å². The summed E-state index contributed by atoms with van der Waals surface area (Å²) in [6, 6.07) is 8.62. The Morgan fingerprint density at radius 3 is 2.41 bits per heavy atom. The minimum atomic E-state index is -0.154. The second-order valence-electron chi connectivity index (χ2n) is 6.15. The van der Waals surface area contributed by atoms with E-state index < -0.39 is 0 Å². The summed E-state index contributed by atoms with van der Waals surface area (Å²) < 4.78 is 4.96. The number of carbonyl (C=O) groups excluding carboxylic acids is 1. The Morgan fingerprint density at radius 2 is 1.73 bits per heavy atom. The number of nitrogens with zero attached hydrogens (tertiary/aromatic N) is 3. The lowest BCUT2D eigenvalue weighted by molar-refractivity contribution is 0.116. The third kappa shape index (κ3) is 3.78. The van der Waals surface area contributed by atoms with E-state index in [1.807, 2.05) is 0 Å². The van der Waals surface area contributed by atoms with Gasteiger partial charge in [-0.2, -0.15) is 0 Å². The van der Waals surface area contributed by atoms with Crippen LogP contribution in [0.25, 0.3) is 0 Å². The molecule has 0 aliphatic carbocycles. The predicted octanol–water partition coefficient (Wildman–Crippen LogP) is 1.56. The third-order valence-corrected chi connectivity index (χ3v) is 4.65. The summed E-state index contributed by atoms with van der Waals surface area (Å²) in [5.41, 5.74) is 2.80. The van der Waals surface area contributed by atoms with Gasteiger partial charge >= 0.3 is 6.09 Å². The van der Waals surface area contributed by atoms with Crippen LogP contribution in [-0.2, 0) is 11.3 Å². The molecule has 22 heavy (non-hydrogen) atoms. The maximum absolute atomic E-state index is 11.4. The van der Waals surface area contributed by atoms with Gasteiger partial charge in [0.25, 0.3) is 0 Å². The second kappa shape index (κ2) is 7.11. The summed E-state index contributed by atoms with van der Waals surface area (Å²) in [5, 5.41) is 0. The molecule has 5 heteroatoms. The molecule has 0 unspecified atom stereocenters. The number of rotatable bonds is 5. The maximum atomic E-state index is 11.4. The smallest absolute Gasteiger partial charge is 0.409 e. The number of benzene rings is 1. The highest BCUT2D eigenvalue weighted by molar-refractivity contribution is 5.69. The first-order chi connectivity index (χ1) is 10.7. The van der Waals surface area contributed by atoms with Crippen LogP contribution in [-0.4, -0.2) is 73.2 Å². The Kier molecular flexibility index (Phi) is 4.95. The SMILES string of the molecule is Cc1ccccc1CN1CCN(CCN2CCOC2=O)CC1. The van der Waals surface area contributed by atoms with Gasteiger partial charge in [0.1, 0.15) is 6.61 Å². The van der Waals surface area contributed by atoms with Crippen molar-refractivity contribution in [1.29, 1.82) is 0 Å². The lowest BCUT2D eigenvalue weighted by Gasteiger charge is -2.35. The maximum Gasteiger partial charge on any atom is 0.409 e. The highest BCUT2D eigenvalue weighted by Crippen LogP contribution is 2.12. The molecule has 0 spiro atoms. The van der Waals surface area contributed by atoms with Gasteiger partial charge in [-0.15, -0.1) is 0 Å². The highest BCUT2D eigenvalue weighted by Gasteiger charge is 2.23. The van der Waals surface area contributed by atoms with Crippen molar-refractivity contribution in [3.05, 3.63) is 35.4 Å². The lowest BCUT2D eigenvalue weighted by atomic mass is 10.1. The molecule has 5 nitrogen and oxygen atoms in total. The third-order valence-electron chi connectivity index (χ3n) is 4.65. The Labute approximate surface area is 132 Å². The molecule has 3 rings (SSSR count). The van der Waals surface area contributed by atoms with E-state index in [1.54, 1.807) is 4.90 Å². The zero-order valence-corrected chi connectivity index (χ0v) is 13.3. The fourth-order valence-electron chi connectivity index (χ4n) is 3.09. The van der Waals surface area contributed by atoms with Crippen LogP contribution in [0.5, 0.6) is 0 Å². The van der Waals surface area contributed by atoms with Crippen molar-refractivity contribution < 1.29 is 9.53 Å². The molecule has 0 radical (unpaired) electrons. The summed E-state index contributed by atoms with van der Waals surface area (Å²) in [5.74, 6) is 0. The topological polar surface area (TPSA) is 36.0 Å². The van der Waals surface area contributed by atoms with Crippen LogP contribution in [0.4, 0.5) is 4.79 Å². The lowest BCUT2D eigenvalue weighted by Crippen LogP contribution is -2.48. The van der Waals surface area contributed by atoms with Crippen LogP contribution in [0.1, 0.15) is 11.1 Å². The van der Waals surface area contributed by atoms with Gasteiger partial charge in [-0.1, -0.05) is 24.3 Å². The molecular weight excluding hydrogens is 278 g/mol. The first-order valence-corrected chi connectivity index (χ1v) is 8.13. The van der Waals surface area contributed by atoms with Crippen molar-refractivity contribution in [1.82, 2.24) is 14.7 Å². The molecule has 2 aliphatic heterocycles. The Balaban J connectivity index is 1.41. The van der Waals surface area contributed by atoms with Crippen LogP contribution in [0.2, 0.25) is 0 Å².